The number of hydrogen-bond acceptors (Lipinski definition) is 3. The molecule has 4 heteroatoms. The molecule has 22 heavy (non-hydrogen) atoms. The van der Waals surface area contributed by atoms with Crippen LogP contribution in [0.5, 0.6) is 0 Å². The van der Waals surface area contributed by atoms with Crippen LogP contribution in [0.3, 0.4) is 0 Å². The van der Waals surface area contributed by atoms with Crippen LogP contribution in [0.1, 0.15) is 46.0 Å². The first kappa shape index (κ1) is 16.8. The summed E-state index contributed by atoms with van der Waals surface area (Å²) >= 11 is 0. The molecule has 1 aromatic carbocycles. The average molecular weight is 304 g/mol. The molecule has 1 saturated heterocycles. The third-order valence-electron chi connectivity index (χ3n) is 4.29. The van der Waals surface area contributed by atoms with Crippen molar-refractivity contribution in [2.45, 2.75) is 52.1 Å². The monoisotopic (exact) mass is 304 g/mol. The summed E-state index contributed by atoms with van der Waals surface area (Å²) in [6.45, 7) is 5.93. The minimum Gasteiger partial charge on any atom is -0.392 e. The van der Waals surface area contributed by atoms with Gasteiger partial charge in [0, 0.05) is 13.1 Å². The topological polar surface area (TPSA) is 52.6 Å². The second kappa shape index (κ2) is 8.18. The molecule has 1 atom stereocenters. The van der Waals surface area contributed by atoms with E-state index >= 15 is 0 Å². The van der Waals surface area contributed by atoms with Gasteiger partial charge in [-0.15, -0.1) is 0 Å². The maximum atomic E-state index is 12.1. The van der Waals surface area contributed by atoms with Crippen LogP contribution in [0.4, 0.5) is 11.4 Å². The van der Waals surface area contributed by atoms with Gasteiger partial charge in [0.15, 0.2) is 0 Å². The van der Waals surface area contributed by atoms with Crippen LogP contribution in [0, 0.1) is 5.92 Å². The van der Waals surface area contributed by atoms with Gasteiger partial charge in [-0.2, -0.15) is 0 Å². The van der Waals surface area contributed by atoms with Crippen LogP contribution < -0.4 is 10.2 Å². The van der Waals surface area contributed by atoms with Crippen molar-refractivity contribution in [3.63, 3.8) is 0 Å². The zero-order valence-corrected chi connectivity index (χ0v) is 13.7. The molecular formula is C18H28N2O2. The lowest BCUT2D eigenvalue weighted by Crippen LogP contribution is -2.27. The van der Waals surface area contributed by atoms with E-state index in [1.165, 1.54) is 25.7 Å². The smallest absolute Gasteiger partial charge is 0.227 e. The van der Waals surface area contributed by atoms with E-state index in [1.807, 2.05) is 32.0 Å². The predicted octanol–water partition coefficient (Wildman–Crippen LogP) is 3.41. The summed E-state index contributed by atoms with van der Waals surface area (Å²) in [5, 5.41) is 12.8. The summed E-state index contributed by atoms with van der Waals surface area (Å²) in [5.41, 5.74) is 1.95. The molecular weight excluding hydrogens is 276 g/mol. The summed E-state index contributed by atoms with van der Waals surface area (Å²) in [6, 6.07) is 7.97. The fourth-order valence-corrected chi connectivity index (χ4v) is 2.79. The number of carbonyl (C=O) groups is 1. The van der Waals surface area contributed by atoms with Gasteiger partial charge in [0.1, 0.15) is 0 Å². The minimum atomic E-state index is -0.592. The lowest BCUT2D eigenvalue weighted by Gasteiger charge is -2.25. The number of hydrogen-bond donors (Lipinski definition) is 2. The van der Waals surface area contributed by atoms with Gasteiger partial charge in [0.25, 0.3) is 0 Å². The maximum Gasteiger partial charge on any atom is 0.227 e. The van der Waals surface area contributed by atoms with Crippen molar-refractivity contribution in [1.29, 1.82) is 0 Å². The van der Waals surface area contributed by atoms with Crippen LogP contribution in [0.15, 0.2) is 24.3 Å². The zero-order chi connectivity index (χ0) is 15.9. The highest BCUT2D eigenvalue weighted by molar-refractivity contribution is 5.94. The van der Waals surface area contributed by atoms with E-state index in [4.69, 9.17) is 0 Å². The predicted molar refractivity (Wildman–Crippen MR) is 91.2 cm³/mol. The second-order valence-electron chi connectivity index (χ2n) is 6.48. The summed E-state index contributed by atoms with van der Waals surface area (Å²) in [5.74, 6) is -0.0323. The first-order chi connectivity index (χ1) is 10.6. The van der Waals surface area contributed by atoms with Crippen molar-refractivity contribution < 1.29 is 9.90 Å². The van der Waals surface area contributed by atoms with Gasteiger partial charge in [-0.25, -0.2) is 0 Å². The molecule has 122 valence electrons. The molecule has 2 N–H and O–H groups in total. The van der Waals surface area contributed by atoms with E-state index in [0.29, 0.717) is 0 Å². The molecule has 0 spiro atoms. The van der Waals surface area contributed by atoms with E-state index < -0.39 is 6.10 Å². The Bertz CT molecular complexity index is 480. The molecule has 1 aliphatic rings. The van der Waals surface area contributed by atoms with Gasteiger partial charge in [-0.1, -0.05) is 38.8 Å². The number of rotatable bonds is 5. The minimum absolute atomic E-state index is 0.0894. The number of nitrogens with zero attached hydrogens (tertiary/aromatic N) is 1. The molecule has 1 amide bonds. The second-order valence-corrected chi connectivity index (χ2v) is 6.48. The first-order valence-corrected chi connectivity index (χ1v) is 8.40. The first-order valence-electron chi connectivity index (χ1n) is 8.40. The summed E-state index contributed by atoms with van der Waals surface area (Å²) < 4.78 is 0. The van der Waals surface area contributed by atoms with Crippen molar-refractivity contribution in [2.24, 2.45) is 5.92 Å². The van der Waals surface area contributed by atoms with Gasteiger partial charge >= 0.3 is 0 Å². The van der Waals surface area contributed by atoms with Crippen molar-refractivity contribution in [2.75, 3.05) is 23.3 Å². The highest BCUT2D eigenvalue weighted by Crippen LogP contribution is 2.28. The number of aliphatic hydroxyl groups is 1. The molecule has 0 aliphatic carbocycles. The SMILES string of the molecule is CC(C)C(O)CC(=O)Nc1ccccc1N1CCCCCC1. The highest BCUT2D eigenvalue weighted by Gasteiger charge is 2.17. The number of nitrogens with one attached hydrogen (secondary N) is 1. The summed E-state index contributed by atoms with van der Waals surface area (Å²) in [4.78, 5) is 14.5. The Morgan fingerprint density at radius 3 is 2.45 bits per heavy atom. The van der Waals surface area contributed by atoms with Gasteiger partial charge < -0.3 is 15.3 Å². The maximum absolute atomic E-state index is 12.1. The molecule has 0 radical (unpaired) electrons. The van der Waals surface area contributed by atoms with Crippen LogP contribution in [-0.4, -0.2) is 30.2 Å². The number of para-hydroxylation sites is 2. The molecule has 1 unspecified atom stereocenters. The number of carbonyl (C=O) groups excluding carboxylic acids is 1. The number of amides is 1. The third-order valence-corrected chi connectivity index (χ3v) is 4.29. The van der Waals surface area contributed by atoms with E-state index in [-0.39, 0.29) is 18.2 Å². The van der Waals surface area contributed by atoms with Crippen molar-refractivity contribution in [3.05, 3.63) is 24.3 Å². The molecule has 1 fully saturated rings. The highest BCUT2D eigenvalue weighted by atomic mass is 16.3. The molecule has 0 bridgehead atoms. The molecule has 2 rings (SSSR count). The van der Waals surface area contributed by atoms with Gasteiger partial charge in [-0.3, -0.25) is 4.79 Å². The van der Waals surface area contributed by atoms with E-state index in [9.17, 15) is 9.90 Å². The molecule has 1 aliphatic heterocycles. The van der Waals surface area contributed by atoms with Crippen molar-refractivity contribution in [3.8, 4) is 0 Å². The van der Waals surface area contributed by atoms with Gasteiger partial charge in [0.05, 0.1) is 23.9 Å². The lowest BCUT2D eigenvalue weighted by atomic mass is 10.0. The fraction of sp³-hybridized carbons (Fsp3) is 0.611. The Morgan fingerprint density at radius 1 is 1.18 bits per heavy atom. The Labute approximate surface area is 133 Å². The molecule has 0 saturated carbocycles. The van der Waals surface area contributed by atoms with Gasteiger partial charge in [-0.05, 0) is 30.9 Å². The van der Waals surface area contributed by atoms with Crippen molar-refractivity contribution >= 4 is 17.3 Å². The van der Waals surface area contributed by atoms with E-state index in [0.717, 1.165) is 24.5 Å². The Kier molecular flexibility index (Phi) is 6.25. The van der Waals surface area contributed by atoms with E-state index in [1.54, 1.807) is 0 Å². The largest absolute Gasteiger partial charge is 0.392 e. The molecule has 1 heterocycles. The molecule has 1 aromatic rings. The number of benzene rings is 1. The Morgan fingerprint density at radius 2 is 1.82 bits per heavy atom. The number of anilines is 2. The van der Waals surface area contributed by atoms with Crippen LogP contribution >= 0.6 is 0 Å². The number of aliphatic hydroxyl groups excluding tert-OH is 1. The third kappa shape index (κ3) is 4.73. The van der Waals surface area contributed by atoms with Crippen LogP contribution in [0.25, 0.3) is 0 Å². The standard InChI is InChI=1S/C18H28N2O2/c1-14(2)17(21)13-18(22)19-15-9-5-6-10-16(15)20-11-7-3-4-8-12-20/h5-6,9-10,14,17,21H,3-4,7-8,11-13H2,1-2H3,(H,19,22). The summed E-state index contributed by atoms with van der Waals surface area (Å²) in [7, 11) is 0. The van der Waals surface area contributed by atoms with Crippen LogP contribution in [0.2, 0.25) is 0 Å². The molecule has 0 aromatic heterocycles. The van der Waals surface area contributed by atoms with Gasteiger partial charge in [0.2, 0.25) is 5.91 Å². The Balaban J connectivity index is 2.06. The fourth-order valence-electron chi connectivity index (χ4n) is 2.79. The zero-order valence-electron chi connectivity index (χ0n) is 13.7. The lowest BCUT2D eigenvalue weighted by molar-refractivity contribution is -0.118. The summed E-state index contributed by atoms with van der Waals surface area (Å²) in [6.07, 6.45) is 4.52. The van der Waals surface area contributed by atoms with E-state index in [2.05, 4.69) is 16.3 Å². The molecule has 4 nitrogen and oxygen atoms in total. The Hall–Kier alpha value is -1.55. The quantitative estimate of drug-likeness (QED) is 0.876. The van der Waals surface area contributed by atoms with Crippen LogP contribution in [-0.2, 0) is 4.79 Å². The average Bonchev–Trinajstić information content (AvgIpc) is 2.76. The van der Waals surface area contributed by atoms with Crippen molar-refractivity contribution in [1.82, 2.24) is 0 Å². The normalized spacial score (nSPS) is 17.2.